The Hall–Kier alpha value is -2.39. The van der Waals surface area contributed by atoms with E-state index in [0.29, 0.717) is 10.6 Å². The molecule has 0 N–H and O–H groups in total. The van der Waals surface area contributed by atoms with Crippen LogP contribution in [0.5, 0.6) is 0 Å². The van der Waals surface area contributed by atoms with Crippen LogP contribution >= 0.6 is 11.6 Å². The fourth-order valence-electron chi connectivity index (χ4n) is 2.35. The molecule has 0 spiro atoms. The molecule has 2 aromatic carbocycles. The lowest BCUT2D eigenvalue weighted by Gasteiger charge is -1.99. The molecule has 3 aromatic rings. The third-order valence-electron chi connectivity index (χ3n) is 3.41. The summed E-state index contributed by atoms with van der Waals surface area (Å²) in [6, 6.07) is 14.9. The fourth-order valence-corrected chi connectivity index (χ4v) is 2.48. The Kier molecular flexibility index (Phi) is 3.59. The highest BCUT2D eigenvalue weighted by molar-refractivity contribution is 6.30. The molecule has 0 amide bonds. The van der Waals surface area contributed by atoms with Crippen molar-refractivity contribution in [2.24, 2.45) is 0 Å². The summed E-state index contributed by atoms with van der Waals surface area (Å²) in [4.78, 5) is 12.4. The van der Waals surface area contributed by atoms with Crippen molar-refractivity contribution in [3.05, 3.63) is 72.0 Å². The van der Waals surface area contributed by atoms with Gasteiger partial charge in [-0.05, 0) is 36.4 Å². The number of carbonyl (C=O) groups excluding carboxylic acids is 1. The number of Topliss-reactive ketones (excluding diaryl/α,β-unsaturated/α-hetero) is 1. The smallest absolute Gasteiger partial charge is 0.249 e. The number of hydrogen-bond donors (Lipinski definition) is 0. The van der Waals surface area contributed by atoms with Crippen LogP contribution in [0, 0.1) is 0 Å². The lowest BCUT2D eigenvalue weighted by molar-refractivity contribution is -0.657. The fraction of sp³-hybridized carbons (Fsp3) is 0.0588. The van der Waals surface area contributed by atoms with E-state index in [1.807, 2.05) is 39.7 Å². The number of rotatable bonds is 4. The number of halogens is 1. The van der Waals surface area contributed by atoms with Gasteiger partial charge in [-0.2, -0.15) is 0 Å². The standard InChI is InChI=1S/C17H14ClN2O/c1-2-19-12-20(16-6-4-3-5-15(16)19)11-17(21)13-7-9-14(18)10-8-13/h2-10,12H,1,11H2/q+1. The first-order valence-corrected chi connectivity index (χ1v) is 6.97. The van der Waals surface area contributed by atoms with Gasteiger partial charge < -0.3 is 0 Å². The monoisotopic (exact) mass is 297 g/mol. The highest BCUT2D eigenvalue weighted by Gasteiger charge is 2.17. The van der Waals surface area contributed by atoms with Crippen LogP contribution in [0.3, 0.4) is 0 Å². The molecule has 0 saturated carbocycles. The Balaban J connectivity index is 1.96. The molecule has 1 heterocycles. The van der Waals surface area contributed by atoms with Crippen molar-refractivity contribution in [2.45, 2.75) is 6.54 Å². The number of para-hydroxylation sites is 2. The minimum Gasteiger partial charge on any atom is -0.290 e. The number of hydrogen-bond acceptors (Lipinski definition) is 1. The highest BCUT2D eigenvalue weighted by atomic mass is 35.5. The second kappa shape index (κ2) is 5.54. The van der Waals surface area contributed by atoms with Gasteiger partial charge in [0.1, 0.15) is 0 Å². The predicted molar refractivity (Wildman–Crippen MR) is 84.3 cm³/mol. The lowest BCUT2D eigenvalue weighted by Crippen LogP contribution is -2.36. The minimum atomic E-state index is 0.0450. The zero-order valence-electron chi connectivity index (χ0n) is 11.4. The number of benzene rings is 2. The molecular weight excluding hydrogens is 284 g/mol. The lowest BCUT2D eigenvalue weighted by atomic mass is 10.1. The van der Waals surface area contributed by atoms with Gasteiger partial charge >= 0.3 is 0 Å². The van der Waals surface area contributed by atoms with Gasteiger partial charge in [-0.1, -0.05) is 30.3 Å². The molecule has 104 valence electrons. The molecule has 0 aliphatic rings. The van der Waals surface area contributed by atoms with Crippen LogP contribution in [0.2, 0.25) is 5.02 Å². The van der Waals surface area contributed by atoms with Crippen molar-refractivity contribution in [2.75, 3.05) is 0 Å². The van der Waals surface area contributed by atoms with Crippen molar-refractivity contribution >= 4 is 34.6 Å². The van der Waals surface area contributed by atoms with Crippen LogP contribution in [0.25, 0.3) is 17.2 Å². The normalized spacial score (nSPS) is 10.7. The molecule has 4 heteroatoms. The Labute approximate surface area is 127 Å². The minimum absolute atomic E-state index is 0.0450. The van der Waals surface area contributed by atoms with Gasteiger partial charge in [0.15, 0.2) is 17.6 Å². The van der Waals surface area contributed by atoms with Gasteiger partial charge in [0.25, 0.3) is 0 Å². The maximum Gasteiger partial charge on any atom is 0.249 e. The first kappa shape index (κ1) is 13.6. The largest absolute Gasteiger partial charge is 0.290 e. The zero-order chi connectivity index (χ0) is 14.8. The van der Waals surface area contributed by atoms with E-state index >= 15 is 0 Å². The molecule has 0 unspecified atom stereocenters. The maximum atomic E-state index is 12.4. The molecule has 0 aliphatic carbocycles. The van der Waals surface area contributed by atoms with E-state index in [9.17, 15) is 4.79 Å². The molecular formula is C17H14ClN2O+. The highest BCUT2D eigenvalue weighted by Crippen LogP contribution is 2.13. The summed E-state index contributed by atoms with van der Waals surface area (Å²) in [5, 5.41) is 0.627. The Bertz CT molecular complexity index is 818. The van der Waals surface area contributed by atoms with Crippen molar-refractivity contribution < 1.29 is 9.36 Å². The Morgan fingerprint density at radius 3 is 2.62 bits per heavy atom. The first-order chi connectivity index (χ1) is 10.2. The summed E-state index contributed by atoms with van der Waals surface area (Å²) in [5.41, 5.74) is 2.68. The van der Waals surface area contributed by atoms with Crippen LogP contribution in [-0.4, -0.2) is 10.4 Å². The summed E-state index contributed by atoms with van der Waals surface area (Å²) in [7, 11) is 0. The van der Waals surface area contributed by atoms with Crippen LogP contribution in [0.4, 0.5) is 0 Å². The molecule has 0 bridgehead atoms. The van der Waals surface area contributed by atoms with Gasteiger partial charge in [0.05, 0.1) is 6.20 Å². The van der Waals surface area contributed by atoms with Gasteiger partial charge in [-0.25, -0.2) is 9.13 Å². The molecule has 0 atom stereocenters. The summed E-state index contributed by atoms with van der Waals surface area (Å²) in [6.45, 7) is 4.07. The zero-order valence-corrected chi connectivity index (χ0v) is 12.1. The summed E-state index contributed by atoms with van der Waals surface area (Å²) in [5.74, 6) is 0.0450. The number of nitrogens with zero attached hydrogens (tertiary/aromatic N) is 2. The van der Waals surface area contributed by atoms with Crippen molar-refractivity contribution in [1.82, 2.24) is 4.57 Å². The quantitative estimate of drug-likeness (QED) is 0.534. The van der Waals surface area contributed by atoms with Crippen LogP contribution in [0.1, 0.15) is 10.4 Å². The predicted octanol–water partition coefficient (Wildman–Crippen LogP) is 3.57. The van der Waals surface area contributed by atoms with E-state index in [1.54, 1.807) is 30.5 Å². The second-order valence-electron chi connectivity index (χ2n) is 4.75. The molecule has 3 nitrogen and oxygen atoms in total. The van der Waals surface area contributed by atoms with E-state index in [0.717, 1.165) is 11.0 Å². The molecule has 3 rings (SSSR count). The summed E-state index contributed by atoms with van der Waals surface area (Å²) >= 11 is 5.85. The summed E-state index contributed by atoms with van der Waals surface area (Å²) in [6.07, 6.45) is 3.61. The third-order valence-corrected chi connectivity index (χ3v) is 3.66. The maximum absolute atomic E-state index is 12.4. The average Bonchev–Trinajstić information content (AvgIpc) is 2.86. The van der Waals surface area contributed by atoms with Crippen molar-refractivity contribution in [3.8, 4) is 0 Å². The number of fused-ring (bicyclic) bond motifs is 1. The van der Waals surface area contributed by atoms with E-state index in [-0.39, 0.29) is 12.3 Å². The molecule has 0 radical (unpaired) electrons. The Morgan fingerprint density at radius 1 is 1.19 bits per heavy atom. The second-order valence-corrected chi connectivity index (χ2v) is 5.19. The van der Waals surface area contributed by atoms with Crippen LogP contribution in [0.15, 0.2) is 61.4 Å². The van der Waals surface area contributed by atoms with Crippen LogP contribution in [-0.2, 0) is 6.54 Å². The molecule has 1 aromatic heterocycles. The molecule has 21 heavy (non-hydrogen) atoms. The van der Waals surface area contributed by atoms with Gasteiger partial charge in [-0.15, -0.1) is 0 Å². The Morgan fingerprint density at radius 2 is 1.90 bits per heavy atom. The van der Waals surface area contributed by atoms with E-state index < -0.39 is 0 Å². The van der Waals surface area contributed by atoms with Crippen molar-refractivity contribution in [3.63, 3.8) is 0 Å². The number of carbonyl (C=O) groups is 1. The number of ketones is 1. The van der Waals surface area contributed by atoms with Crippen LogP contribution < -0.4 is 4.57 Å². The SMILES string of the molecule is C=Cn1c[n+](CC(=O)c2ccc(Cl)cc2)c2ccccc21. The first-order valence-electron chi connectivity index (χ1n) is 6.59. The average molecular weight is 298 g/mol. The molecule has 0 saturated heterocycles. The van der Waals surface area contributed by atoms with E-state index in [2.05, 4.69) is 6.58 Å². The molecule has 0 aliphatic heterocycles. The van der Waals surface area contributed by atoms with Gasteiger partial charge in [0, 0.05) is 10.6 Å². The molecule has 0 fully saturated rings. The van der Waals surface area contributed by atoms with Crippen molar-refractivity contribution in [1.29, 1.82) is 0 Å². The van der Waals surface area contributed by atoms with Gasteiger partial charge in [0.2, 0.25) is 12.1 Å². The van der Waals surface area contributed by atoms with E-state index in [4.69, 9.17) is 11.6 Å². The number of aromatic nitrogens is 2. The number of imidazole rings is 1. The van der Waals surface area contributed by atoms with Gasteiger partial charge in [-0.3, -0.25) is 4.79 Å². The third kappa shape index (κ3) is 2.60. The van der Waals surface area contributed by atoms with E-state index in [1.165, 1.54) is 0 Å². The summed E-state index contributed by atoms with van der Waals surface area (Å²) < 4.78 is 3.83. The topological polar surface area (TPSA) is 25.9 Å².